The van der Waals surface area contributed by atoms with Crippen LogP contribution in [0, 0.1) is 0 Å². The molecule has 0 saturated carbocycles. The Labute approximate surface area is 180 Å². The van der Waals surface area contributed by atoms with Crippen LogP contribution in [0.1, 0.15) is 11.8 Å². The molecule has 1 aromatic rings. The minimum absolute atomic E-state index is 0. The Bertz CT molecular complexity index is 806. The number of nitrogens with zero attached hydrogens (tertiary/aromatic N) is 2. The van der Waals surface area contributed by atoms with Gasteiger partial charge in [0.05, 0.1) is 6.61 Å². The number of aliphatic carboxylic acids is 1. The van der Waals surface area contributed by atoms with Crippen molar-refractivity contribution in [3.63, 3.8) is 0 Å². The molecule has 1 N–H and O–H groups in total. The smallest absolute Gasteiger partial charge is 0.862 e. The van der Waals surface area contributed by atoms with E-state index in [-0.39, 0.29) is 60.5 Å². The molecule has 9 nitrogen and oxygen atoms in total. The van der Waals surface area contributed by atoms with Gasteiger partial charge in [-0.15, -0.1) is 11.3 Å². The molecule has 1 amide bonds. The second kappa shape index (κ2) is 8.98. The average Bonchev–Trinajstić information content (AvgIpc) is 3.09. The maximum absolute atomic E-state index is 12.3. The topological polar surface area (TPSA) is 129 Å². The van der Waals surface area contributed by atoms with Crippen molar-refractivity contribution in [1.82, 2.24) is 4.90 Å². The number of thiophene rings is 1. The number of carbonyl (C=O) groups excluding carboxylic acids is 2. The molecule has 1 fully saturated rings. The van der Waals surface area contributed by atoms with Crippen molar-refractivity contribution in [2.45, 2.75) is 25.6 Å². The number of fused-ring (bicyclic) bond motifs is 1. The third kappa shape index (κ3) is 4.58. The Morgan fingerprint density at radius 3 is 2.85 bits per heavy atom. The van der Waals surface area contributed by atoms with Crippen molar-refractivity contribution in [3.05, 3.63) is 33.7 Å². The van der Waals surface area contributed by atoms with E-state index < -0.39 is 36.0 Å². The molecule has 11 heteroatoms. The summed E-state index contributed by atoms with van der Waals surface area (Å²) in [7, 11) is 0. The number of aliphatic imine (C=N–C) groups is 1. The van der Waals surface area contributed by atoms with Crippen LogP contribution < -0.4 is 34.7 Å². The van der Waals surface area contributed by atoms with E-state index in [1.165, 1.54) is 18.3 Å². The number of β-lactam (4-membered cyclic amide) rings is 1. The predicted molar refractivity (Wildman–Crippen MR) is 87.1 cm³/mol. The van der Waals surface area contributed by atoms with E-state index in [2.05, 4.69) is 4.99 Å². The summed E-state index contributed by atoms with van der Waals surface area (Å²) in [6.07, 6.45) is -0.866. The summed E-state index contributed by atoms with van der Waals surface area (Å²) < 4.78 is 10.3. The number of rotatable bonds is 6. The molecule has 3 rings (SSSR count). The number of ether oxygens (including phenoxy) is 2. The van der Waals surface area contributed by atoms with Gasteiger partial charge in [0.25, 0.3) is 5.91 Å². The molecule has 3 heterocycles. The van der Waals surface area contributed by atoms with Crippen LogP contribution in [0.3, 0.4) is 0 Å². The zero-order valence-electron chi connectivity index (χ0n) is 14.7. The molecule has 27 heavy (non-hydrogen) atoms. The average molecular weight is 402 g/mol. The van der Waals surface area contributed by atoms with Gasteiger partial charge in [-0.2, -0.15) is 0 Å². The molecular formula is C16H15N2NaO7S. The molecule has 138 valence electrons. The molecule has 1 aromatic heterocycles. The third-order valence-electron chi connectivity index (χ3n) is 3.86. The van der Waals surface area contributed by atoms with Gasteiger partial charge in [-0.25, -0.2) is 4.79 Å². The van der Waals surface area contributed by atoms with Crippen molar-refractivity contribution in [3.8, 4) is 0 Å². The van der Waals surface area contributed by atoms with Gasteiger partial charge >= 0.3 is 41.5 Å². The number of carbonyl (C=O) groups is 3. The fourth-order valence-electron chi connectivity index (χ4n) is 2.71. The summed E-state index contributed by atoms with van der Waals surface area (Å²) in [4.78, 5) is 40.4. The van der Waals surface area contributed by atoms with Crippen LogP contribution in [0.25, 0.3) is 0 Å². The first-order valence-electron chi connectivity index (χ1n) is 7.68. The summed E-state index contributed by atoms with van der Waals surface area (Å²) in [6.45, 7) is 0.775. The number of carboxylic acid groups (broad SMARTS) is 1. The van der Waals surface area contributed by atoms with Crippen LogP contribution in [0.5, 0.6) is 0 Å². The van der Waals surface area contributed by atoms with Gasteiger partial charge in [-0.05, 0) is 17.3 Å². The Balaban J connectivity index is 0.00000261. The van der Waals surface area contributed by atoms with Crippen molar-refractivity contribution in [1.29, 1.82) is 0 Å². The van der Waals surface area contributed by atoms with Crippen molar-refractivity contribution < 1.29 is 63.6 Å². The van der Waals surface area contributed by atoms with Crippen LogP contribution in [-0.2, 0) is 30.3 Å². The van der Waals surface area contributed by atoms with E-state index in [0.29, 0.717) is 0 Å². The fraction of sp³-hybridized carbons (Fsp3) is 0.375. The molecule has 2 atom stereocenters. The first kappa shape index (κ1) is 21.6. The van der Waals surface area contributed by atoms with Crippen LogP contribution in [0.4, 0.5) is 0 Å². The van der Waals surface area contributed by atoms with Gasteiger partial charge in [-0.3, -0.25) is 19.5 Å². The molecule has 0 aromatic carbocycles. The van der Waals surface area contributed by atoms with E-state index in [1.807, 2.05) is 11.4 Å². The number of hydrogen-bond donors (Lipinski definition) is 1. The minimum atomic E-state index is -1.34. The maximum Gasteiger partial charge on any atom is 1.00 e. The Hall–Kier alpha value is -1.72. The van der Waals surface area contributed by atoms with Crippen molar-refractivity contribution >= 4 is 35.1 Å². The summed E-state index contributed by atoms with van der Waals surface area (Å²) in [5.74, 6) is -3.02. The molecule has 0 aliphatic carbocycles. The van der Waals surface area contributed by atoms with Crippen LogP contribution >= 0.6 is 11.3 Å². The van der Waals surface area contributed by atoms with Crippen LogP contribution in [0.15, 0.2) is 33.8 Å². The molecule has 2 unspecified atom stereocenters. The van der Waals surface area contributed by atoms with E-state index >= 15 is 0 Å². The molecular weight excluding hydrogens is 387 g/mol. The molecule has 0 spiro atoms. The zero-order chi connectivity index (χ0) is 18.8. The Morgan fingerprint density at radius 2 is 2.26 bits per heavy atom. The van der Waals surface area contributed by atoms with Crippen LogP contribution in [-0.4, -0.2) is 59.2 Å². The normalized spacial score (nSPS) is 21.9. The number of esters is 1. The second-order valence-electron chi connectivity index (χ2n) is 5.67. The van der Waals surface area contributed by atoms with E-state index in [0.717, 1.165) is 9.78 Å². The van der Waals surface area contributed by atoms with Gasteiger partial charge < -0.3 is 19.7 Å². The summed E-state index contributed by atoms with van der Waals surface area (Å²) in [5.41, 5.74) is -0.120. The molecule has 0 radical (unpaired) electrons. The van der Waals surface area contributed by atoms with E-state index in [4.69, 9.17) is 9.47 Å². The monoisotopic (exact) mass is 402 g/mol. The molecule has 0 bridgehead atoms. The first-order chi connectivity index (χ1) is 12.4. The number of amides is 1. The van der Waals surface area contributed by atoms with Crippen molar-refractivity contribution in [2.24, 2.45) is 4.99 Å². The van der Waals surface area contributed by atoms with Gasteiger partial charge in [0.1, 0.15) is 12.3 Å². The van der Waals surface area contributed by atoms with E-state index in [1.54, 1.807) is 6.07 Å². The Morgan fingerprint density at radius 1 is 1.52 bits per heavy atom. The SMILES string of the molecule is CC(=O)OCC1=C(C(=O)O)N2C(=O)C(N=C([O-])Cc3cccs3)C2OC1.[Na+]. The summed E-state index contributed by atoms with van der Waals surface area (Å²) in [5, 5.41) is 23.3. The second-order valence-corrected chi connectivity index (χ2v) is 6.70. The molecule has 2 aliphatic heterocycles. The largest absolute Gasteiger partial charge is 1.00 e. The van der Waals surface area contributed by atoms with E-state index in [9.17, 15) is 24.6 Å². The number of carboxylic acids is 1. The quantitative estimate of drug-likeness (QED) is 0.172. The minimum Gasteiger partial charge on any atom is -0.862 e. The van der Waals surface area contributed by atoms with Crippen molar-refractivity contribution in [2.75, 3.05) is 13.2 Å². The maximum atomic E-state index is 12.3. The fourth-order valence-corrected chi connectivity index (χ4v) is 3.41. The molecule has 2 aliphatic rings. The standard InChI is InChI=1S/C16H16N2O7S.Na/c1-8(19)24-6-9-7-25-15-12(14(21)18(15)13(9)16(22)23)17-11(20)5-10-3-2-4-26-10;/h2-4,12,15H,5-7H2,1H3,(H,17,20)(H,22,23);/q;+1/p-1. The summed E-state index contributed by atoms with van der Waals surface area (Å²) in [6, 6.07) is 2.53. The zero-order valence-corrected chi connectivity index (χ0v) is 17.5. The Kier molecular flexibility index (Phi) is 7.18. The van der Waals surface area contributed by atoms with Gasteiger partial charge in [0.2, 0.25) is 0 Å². The number of hydrogen-bond acceptors (Lipinski definition) is 8. The van der Waals surface area contributed by atoms with Gasteiger partial charge in [0.15, 0.2) is 12.3 Å². The van der Waals surface area contributed by atoms with Gasteiger partial charge in [0, 0.05) is 23.8 Å². The first-order valence-corrected chi connectivity index (χ1v) is 8.56. The molecule has 1 saturated heterocycles. The predicted octanol–water partition coefficient (Wildman–Crippen LogP) is -3.48. The third-order valence-corrected chi connectivity index (χ3v) is 4.74. The summed E-state index contributed by atoms with van der Waals surface area (Å²) >= 11 is 1.41. The van der Waals surface area contributed by atoms with Gasteiger partial charge in [-0.1, -0.05) is 6.07 Å². The van der Waals surface area contributed by atoms with Crippen LogP contribution in [0.2, 0.25) is 0 Å².